The van der Waals surface area contributed by atoms with Crippen LogP contribution in [-0.2, 0) is 4.79 Å². The minimum absolute atomic E-state index is 0.102. The van der Waals surface area contributed by atoms with Gasteiger partial charge < -0.3 is 10.4 Å². The van der Waals surface area contributed by atoms with Crippen LogP contribution in [0.3, 0.4) is 0 Å². The molecule has 0 spiro atoms. The summed E-state index contributed by atoms with van der Waals surface area (Å²) in [6.45, 7) is 1.65. The maximum atomic E-state index is 12.1. The first-order chi connectivity index (χ1) is 9.09. The van der Waals surface area contributed by atoms with E-state index in [-0.39, 0.29) is 12.5 Å². The Hall–Kier alpha value is -2.43. The van der Waals surface area contributed by atoms with E-state index in [0.717, 1.165) is 10.9 Å². The molecule has 1 unspecified atom stereocenters. The average molecular weight is 258 g/mol. The molecular formula is C14H14N2O3. The van der Waals surface area contributed by atoms with E-state index >= 15 is 0 Å². The van der Waals surface area contributed by atoms with Gasteiger partial charge in [0.15, 0.2) is 0 Å². The fourth-order valence-electron chi connectivity index (χ4n) is 1.73. The lowest BCUT2D eigenvalue weighted by molar-refractivity contribution is -0.140. The van der Waals surface area contributed by atoms with Crippen molar-refractivity contribution in [3.63, 3.8) is 0 Å². The molecule has 2 N–H and O–H groups in total. The molecule has 0 fully saturated rings. The maximum Gasteiger partial charge on any atom is 0.308 e. The van der Waals surface area contributed by atoms with Crippen LogP contribution in [0.15, 0.2) is 36.5 Å². The summed E-state index contributed by atoms with van der Waals surface area (Å²) >= 11 is 0. The molecule has 1 aromatic heterocycles. The molecule has 5 heteroatoms. The van der Waals surface area contributed by atoms with Gasteiger partial charge in [-0.2, -0.15) is 0 Å². The van der Waals surface area contributed by atoms with Crippen LogP contribution in [0.4, 0.5) is 0 Å². The van der Waals surface area contributed by atoms with E-state index in [9.17, 15) is 9.59 Å². The van der Waals surface area contributed by atoms with E-state index in [1.807, 2.05) is 12.1 Å². The number of nitrogens with one attached hydrogen (secondary N) is 1. The van der Waals surface area contributed by atoms with E-state index in [2.05, 4.69) is 10.3 Å². The van der Waals surface area contributed by atoms with Crippen LogP contribution in [0.5, 0.6) is 0 Å². The zero-order chi connectivity index (χ0) is 13.8. The minimum Gasteiger partial charge on any atom is -0.481 e. The van der Waals surface area contributed by atoms with Gasteiger partial charge >= 0.3 is 5.97 Å². The summed E-state index contributed by atoms with van der Waals surface area (Å²) in [7, 11) is 0. The van der Waals surface area contributed by atoms with E-state index in [1.165, 1.54) is 0 Å². The lowest BCUT2D eigenvalue weighted by Gasteiger charge is -2.09. The van der Waals surface area contributed by atoms with Crippen LogP contribution < -0.4 is 5.32 Å². The number of pyridine rings is 1. The first-order valence-electron chi connectivity index (χ1n) is 5.94. The third-order valence-corrected chi connectivity index (χ3v) is 2.88. The van der Waals surface area contributed by atoms with Crippen LogP contribution in [0.2, 0.25) is 0 Å². The summed E-state index contributed by atoms with van der Waals surface area (Å²) in [5.74, 6) is -1.83. The Kier molecular flexibility index (Phi) is 3.75. The predicted octanol–water partition coefficient (Wildman–Crippen LogP) is 1.69. The van der Waals surface area contributed by atoms with Crippen LogP contribution in [0.1, 0.15) is 17.3 Å². The largest absolute Gasteiger partial charge is 0.481 e. The highest BCUT2D eigenvalue weighted by Gasteiger charge is 2.14. The summed E-state index contributed by atoms with van der Waals surface area (Å²) in [6.07, 6.45) is 1.66. The molecule has 0 aliphatic heterocycles. The van der Waals surface area contributed by atoms with Crippen LogP contribution in [0, 0.1) is 5.92 Å². The van der Waals surface area contributed by atoms with Gasteiger partial charge in [-0.3, -0.25) is 14.6 Å². The van der Waals surface area contributed by atoms with Crippen LogP contribution in [0.25, 0.3) is 10.9 Å². The zero-order valence-corrected chi connectivity index (χ0v) is 10.5. The zero-order valence-electron chi connectivity index (χ0n) is 10.5. The SMILES string of the molecule is CC(CNC(=O)c1cccc2ncccc12)C(=O)O. The highest BCUT2D eigenvalue weighted by atomic mass is 16.4. The fourth-order valence-corrected chi connectivity index (χ4v) is 1.73. The fraction of sp³-hybridized carbons (Fsp3) is 0.214. The highest BCUT2D eigenvalue weighted by molar-refractivity contribution is 6.06. The highest BCUT2D eigenvalue weighted by Crippen LogP contribution is 2.16. The maximum absolute atomic E-state index is 12.1. The number of benzene rings is 1. The van der Waals surface area contributed by atoms with Crippen molar-refractivity contribution in [2.75, 3.05) is 6.54 Å². The number of nitrogens with zero attached hydrogens (tertiary/aromatic N) is 1. The monoisotopic (exact) mass is 258 g/mol. The molecule has 1 amide bonds. The summed E-state index contributed by atoms with van der Waals surface area (Å²) in [5.41, 5.74) is 1.24. The predicted molar refractivity (Wildman–Crippen MR) is 70.9 cm³/mol. The summed E-state index contributed by atoms with van der Waals surface area (Å²) in [5, 5.41) is 12.2. The van der Waals surface area contributed by atoms with Crippen molar-refractivity contribution in [1.29, 1.82) is 0 Å². The molecule has 2 aromatic rings. The molecule has 0 saturated carbocycles. The van der Waals surface area contributed by atoms with Crippen molar-refractivity contribution in [3.05, 3.63) is 42.1 Å². The summed E-state index contributed by atoms with van der Waals surface area (Å²) in [4.78, 5) is 26.9. The number of aromatic nitrogens is 1. The van der Waals surface area contributed by atoms with Gasteiger partial charge in [-0.1, -0.05) is 19.1 Å². The number of carbonyl (C=O) groups is 2. The van der Waals surface area contributed by atoms with Crippen molar-refractivity contribution in [1.82, 2.24) is 10.3 Å². The smallest absolute Gasteiger partial charge is 0.308 e. The number of carbonyl (C=O) groups excluding carboxylic acids is 1. The lowest BCUT2D eigenvalue weighted by atomic mass is 10.1. The number of carboxylic acids is 1. The second-order valence-electron chi connectivity index (χ2n) is 4.32. The lowest BCUT2D eigenvalue weighted by Crippen LogP contribution is -2.31. The summed E-state index contributed by atoms with van der Waals surface area (Å²) in [6, 6.07) is 8.86. The number of carboxylic acid groups (broad SMARTS) is 1. The Bertz CT molecular complexity index is 620. The molecule has 0 aliphatic rings. The number of fused-ring (bicyclic) bond motifs is 1. The Morgan fingerprint density at radius 3 is 2.84 bits per heavy atom. The van der Waals surface area contributed by atoms with Crippen LogP contribution in [-0.4, -0.2) is 28.5 Å². The van der Waals surface area contributed by atoms with Crippen molar-refractivity contribution in [2.24, 2.45) is 5.92 Å². The summed E-state index contributed by atoms with van der Waals surface area (Å²) < 4.78 is 0. The quantitative estimate of drug-likeness (QED) is 0.874. The molecule has 5 nitrogen and oxygen atoms in total. The molecule has 19 heavy (non-hydrogen) atoms. The third kappa shape index (κ3) is 2.88. The number of amides is 1. The number of rotatable bonds is 4. The van der Waals surface area contributed by atoms with Gasteiger partial charge in [0, 0.05) is 23.7 Å². The van der Waals surface area contributed by atoms with Crippen molar-refractivity contribution < 1.29 is 14.7 Å². The average Bonchev–Trinajstić information content (AvgIpc) is 2.43. The van der Waals surface area contributed by atoms with E-state index < -0.39 is 11.9 Å². The number of hydrogen-bond acceptors (Lipinski definition) is 3. The molecule has 0 aliphatic carbocycles. The normalized spacial score (nSPS) is 12.1. The van der Waals surface area contributed by atoms with E-state index in [4.69, 9.17) is 5.11 Å². The molecule has 0 bridgehead atoms. The standard InChI is InChI=1S/C14H14N2O3/c1-9(14(18)19)8-16-13(17)11-4-2-6-12-10(11)5-3-7-15-12/h2-7,9H,8H2,1H3,(H,16,17)(H,18,19). The number of aliphatic carboxylic acids is 1. The second kappa shape index (κ2) is 5.48. The molecular weight excluding hydrogens is 244 g/mol. The van der Waals surface area contributed by atoms with E-state index in [1.54, 1.807) is 31.3 Å². The first-order valence-corrected chi connectivity index (χ1v) is 5.94. The Morgan fingerprint density at radius 2 is 2.11 bits per heavy atom. The third-order valence-electron chi connectivity index (χ3n) is 2.88. The Balaban J connectivity index is 2.20. The number of hydrogen-bond donors (Lipinski definition) is 2. The molecule has 1 aromatic carbocycles. The molecule has 1 atom stereocenters. The van der Waals surface area contributed by atoms with Crippen molar-refractivity contribution >= 4 is 22.8 Å². The minimum atomic E-state index is -0.931. The molecule has 98 valence electrons. The van der Waals surface area contributed by atoms with Gasteiger partial charge in [0.2, 0.25) is 0 Å². The topological polar surface area (TPSA) is 79.3 Å². The van der Waals surface area contributed by atoms with Gasteiger partial charge in [0.05, 0.1) is 11.4 Å². The van der Waals surface area contributed by atoms with Gasteiger partial charge in [-0.15, -0.1) is 0 Å². The molecule has 0 saturated heterocycles. The van der Waals surface area contributed by atoms with Gasteiger partial charge in [-0.25, -0.2) is 0 Å². The van der Waals surface area contributed by atoms with Gasteiger partial charge in [0.25, 0.3) is 5.91 Å². The first kappa shape index (κ1) is 13.0. The van der Waals surface area contributed by atoms with Gasteiger partial charge in [0.1, 0.15) is 0 Å². The van der Waals surface area contributed by atoms with Crippen molar-refractivity contribution in [2.45, 2.75) is 6.92 Å². The van der Waals surface area contributed by atoms with Crippen molar-refractivity contribution in [3.8, 4) is 0 Å². The second-order valence-corrected chi connectivity index (χ2v) is 4.32. The molecule has 0 radical (unpaired) electrons. The van der Waals surface area contributed by atoms with Crippen LogP contribution >= 0.6 is 0 Å². The van der Waals surface area contributed by atoms with E-state index in [0.29, 0.717) is 5.56 Å². The van der Waals surface area contributed by atoms with Gasteiger partial charge in [-0.05, 0) is 18.2 Å². The molecule has 1 heterocycles. The Labute approximate surface area is 110 Å². The Morgan fingerprint density at radius 1 is 1.32 bits per heavy atom. The molecule has 2 rings (SSSR count).